The number of hydrogen-bond donors (Lipinski definition) is 2. The van der Waals surface area contributed by atoms with Crippen molar-refractivity contribution in [2.45, 2.75) is 0 Å². The Bertz CT molecular complexity index is 719. The highest BCUT2D eigenvalue weighted by Gasteiger charge is 2.24. The summed E-state index contributed by atoms with van der Waals surface area (Å²) < 4.78 is 13.4. The summed E-state index contributed by atoms with van der Waals surface area (Å²) in [4.78, 5) is 17.5. The van der Waals surface area contributed by atoms with Gasteiger partial charge in [-0.05, 0) is 0 Å². The third kappa shape index (κ3) is 2.13. The van der Waals surface area contributed by atoms with Crippen molar-refractivity contribution >= 4 is 34.1 Å². The first-order valence-corrected chi connectivity index (χ1v) is 5.16. The van der Waals surface area contributed by atoms with Gasteiger partial charge in [-0.2, -0.15) is 0 Å². The molecule has 1 aromatic heterocycles. The van der Waals surface area contributed by atoms with Crippen LogP contribution < -0.4 is 0 Å². The molecule has 0 spiro atoms. The Morgan fingerprint density at radius 3 is 2.84 bits per heavy atom. The molecule has 0 fully saturated rings. The summed E-state index contributed by atoms with van der Waals surface area (Å²) in [5.74, 6) is -1.63. The highest BCUT2D eigenvalue weighted by Crippen LogP contribution is 2.33. The average molecular weight is 286 g/mol. The molecule has 9 heteroatoms. The van der Waals surface area contributed by atoms with Crippen LogP contribution in [-0.2, 0) is 0 Å². The summed E-state index contributed by atoms with van der Waals surface area (Å²) in [6.07, 6.45) is 1.38. The van der Waals surface area contributed by atoms with Crippen molar-refractivity contribution in [2.24, 2.45) is 0 Å². The van der Waals surface area contributed by atoms with Crippen LogP contribution >= 0.6 is 11.6 Å². The zero-order valence-corrected chi connectivity index (χ0v) is 9.80. The van der Waals surface area contributed by atoms with E-state index in [4.69, 9.17) is 16.7 Å². The fraction of sp³-hybridized carbons (Fsp3) is 0. The monoisotopic (exact) mass is 285 g/mol. The first-order valence-electron chi connectivity index (χ1n) is 4.78. The molecule has 2 N–H and O–H groups in total. The van der Waals surface area contributed by atoms with Crippen molar-refractivity contribution in [3.63, 3.8) is 0 Å². The van der Waals surface area contributed by atoms with Gasteiger partial charge in [0.25, 0.3) is 0 Å². The van der Waals surface area contributed by atoms with Crippen molar-refractivity contribution in [2.75, 3.05) is 0 Å². The van der Waals surface area contributed by atoms with E-state index in [1.165, 1.54) is 0 Å². The summed E-state index contributed by atoms with van der Waals surface area (Å²) in [5, 5.41) is 28.1. The Labute approximate surface area is 109 Å². The van der Waals surface area contributed by atoms with Gasteiger partial charge < -0.3 is 10.2 Å². The quantitative estimate of drug-likeness (QED) is 0.499. The third-order valence-corrected chi connectivity index (χ3v) is 2.63. The number of nitro benzene ring substituents is 1. The maximum absolute atomic E-state index is 13.4. The van der Waals surface area contributed by atoms with Crippen LogP contribution in [0.5, 0.6) is 0 Å². The van der Waals surface area contributed by atoms with E-state index in [1.807, 2.05) is 0 Å². The molecule has 0 unspecified atom stereocenters. The predicted molar refractivity (Wildman–Crippen MR) is 64.4 cm³/mol. The van der Waals surface area contributed by atoms with Crippen LogP contribution in [-0.4, -0.2) is 25.1 Å². The van der Waals surface area contributed by atoms with Gasteiger partial charge in [-0.15, -0.1) is 0 Å². The Morgan fingerprint density at radius 1 is 1.58 bits per heavy atom. The fourth-order valence-electron chi connectivity index (χ4n) is 1.43. The maximum atomic E-state index is 13.4. The SMILES string of the molecule is O=[N+]([O-])c1c(Cl)c(F)cc2ncc(C(O)=CO)nc12. The molecule has 2 aromatic rings. The van der Waals surface area contributed by atoms with E-state index < -0.39 is 27.2 Å². The zero-order valence-electron chi connectivity index (χ0n) is 9.04. The van der Waals surface area contributed by atoms with Gasteiger partial charge in [-0.25, -0.2) is 9.37 Å². The van der Waals surface area contributed by atoms with Crippen LogP contribution in [0.2, 0.25) is 5.02 Å². The van der Waals surface area contributed by atoms with Gasteiger partial charge in [0.15, 0.2) is 22.1 Å². The minimum Gasteiger partial charge on any atom is -0.512 e. The van der Waals surface area contributed by atoms with Crippen molar-refractivity contribution < 1.29 is 19.5 Å². The van der Waals surface area contributed by atoms with E-state index in [1.54, 1.807) is 0 Å². The van der Waals surface area contributed by atoms with Crippen LogP contribution in [0.3, 0.4) is 0 Å². The first-order chi connectivity index (χ1) is 8.95. The topological polar surface area (TPSA) is 109 Å². The fourth-order valence-corrected chi connectivity index (χ4v) is 1.65. The molecule has 0 aliphatic carbocycles. The number of fused-ring (bicyclic) bond motifs is 1. The Hall–Kier alpha value is -2.48. The van der Waals surface area contributed by atoms with Crippen LogP contribution in [0.15, 0.2) is 18.5 Å². The van der Waals surface area contributed by atoms with Gasteiger partial charge in [0, 0.05) is 6.07 Å². The van der Waals surface area contributed by atoms with Crippen molar-refractivity contribution in [1.29, 1.82) is 0 Å². The lowest BCUT2D eigenvalue weighted by Gasteiger charge is -2.04. The maximum Gasteiger partial charge on any atom is 0.318 e. The standard InChI is InChI=1S/C10H5ClFN3O4/c11-8-4(12)1-5-9(10(8)15(18)19)14-6(2-13-5)7(17)3-16/h1-3,16-17H. The van der Waals surface area contributed by atoms with Gasteiger partial charge in [-0.1, -0.05) is 11.6 Å². The summed E-state index contributed by atoms with van der Waals surface area (Å²) in [6, 6.07) is 0.890. The van der Waals surface area contributed by atoms with Crippen LogP contribution in [0, 0.1) is 15.9 Å². The Balaban J connectivity index is 2.87. The second-order valence-corrected chi connectivity index (χ2v) is 3.79. The van der Waals surface area contributed by atoms with E-state index in [0.717, 1.165) is 12.3 Å². The number of halogens is 2. The smallest absolute Gasteiger partial charge is 0.318 e. The normalized spacial score (nSPS) is 11.8. The van der Waals surface area contributed by atoms with E-state index in [-0.39, 0.29) is 16.7 Å². The van der Waals surface area contributed by atoms with Crippen LogP contribution in [0.1, 0.15) is 5.69 Å². The van der Waals surface area contributed by atoms with Crippen LogP contribution in [0.25, 0.3) is 16.8 Å². The summed E-state index contributed by atoms with van der Waals surface area (Å²) >= 11 is 5.52. The number of benzene rings is 1. The average Bonchev–Trinajstić information content (AvgIpc) is 2.38. The lowest BCUT2D eigenvalue weighted by Crippen LogP contribution is -1.99. The third-order valence-electron chi connectivity index (χ3n) is 2.27. The van der Waals surface area contributed by atoms with Crippen molar-refractivity contribution in [3.05, 3.63) is 45.2 Å². The van der Waals surface area contributed by atoms with Gasteiger partial charge >= 0.3 is 5.69 Å². The van der Waals surface area contributed by atoms with Gasteiger partial charge in [0.2, 0.25) is 0 Å². The lowest BCUT2D eigenvalue weighted by molar-refractivity contribution is -0.383. The first kappa shape index (κ1) is 13.0. The molecule has 0 aliphatic heterocycles. The van der Waals surface area contributed by atoms with E-state index in [2.05, 4.69) is 9.97 Å². The minimum atomic E-state index is -0.996. The van der Waals surface area contributed by atoms with Crippen molar-refractivity contribution in [3.8, 4) is 0 Å². The molecular weight excluding hydrogens is 281 g/mol. The zero-order chi connectivity index (χ0) is 14.2. The molecule has 0 saturated carbocycles. The number of aliphatic hydroxyl groups excluding tert-OH is 2. The Morgan fingerprint density at radius 2 is 2.26 bits per heavy atom. The minimum absolute atomic E-state index is 0.0944. The molecule has 7 nitrogen and oxygen atoms in total. The van der Waals surface area contributed by atoms with E-state index in [0.29, 0.717) is 6.26 Å². The van der Waals surface area contributed by atoms with E-state index in [9.17, 15) is 19.6 Å². The molecule has 0 atom stereocenters. The summed E-state index contributed by atoms with van der Waals surface area (Å²) in [6.45, 7) is 0. The number of aliphatic hydroxyl groups is 2. The molecule has 0 saturated heterocycles. The molecule has 0 aliphatic rings. The molecule has 1 heterocycles. The summed E-state index contributed by atoms with van der Waals surface area (Å²) in [7, 11) is 0. The molecule has 1 aromatic carbocycles. The molecule has 98 valence electrons. The van der Waals surface area contributed by atoms with Gasteiger partial charge in [-0.3, -0.25) is 15.1 Å². The highest BCUT2D eigenvalue weighted by molar-refractivity contribution is 6.34. The number of nitro groups is 1. The number of nitrogens with zero attached hydrogens (tertiary/aromatic N) is 3. The second-order valence-electron chi connectivity index (χ2n) is 3.42. The second kappa shape index (κ2) is 4.65. The number of aromatic nitrogens is 2. The lowest BCUT2D eigenvalue weighted by atomic mass is 10.2. The Kier molecular flexibility index (Phi) is 3.17. The molecule has 0 radical (unpaired) electrons. The predicted octanol–water partition coefficient (Wildman–Crippen LogP) is 2.74. The molecule has 2 rings (SSSR count). The van der Waals surface area contributed by atoms with Crippen molar-refractivity contribution in [1.82, 2.24) is 9.97 Å². The molecule has 0 amide bonds. The summed E-state index contributed by atoms with van der Waals surface area (Å²) in [5.41, 5.74) is -1.34. The van der Waals surface area contributed by atoms with Crippen LogP contribution in [0.4, 0.5) is 10.1 Å². The van der Waals surface area contributed by atoms with Gasteiger partial charge in [0.1, 0.15) is 12.0 Å². The van der Waals surface area contributed by atoms with E-state index >= 15 is 0 Å². The molecule has 0 bridgehead atoms. The molecular formula is C10H5ClFN3O4. The number of rotatable bonds is 2. The largest absolute Gasteiger partial charge is 0.512 e. The number of hydrogen-bond acceptors (Lipinski definition) is 6. The van der Waals surface area contributed by atoms with Gasteiger partial charge in [0.05, 0.1) is 16.6 Å². The molecule has 19 heavy (non-hydrogen) atoms. The highest BCUT2D eigenvalue weighted by atomic mass is 35.5.